The molecule has 2 heterocycles. The van der Waals surface area contributed by atoms with E-state index in [1.807, 2.05) is 19.1 Å². The number of ether oxygens (including phenoxy) is 1. The van der Waals surface area contributed by atoms with Gasteiger partial charge >= 0.3 is 0 Å². The fourth-order valence-electron chi connectivity index (χ4n) is 2.90. The second kappa shape index (κ2) is 7.19. The van der Waals surface area contributed by atoms with Crippen molar-refractivity contribution in [1.82, 2.24) is 9.97 Å². The molecule has 0 spiro atoms. The highest BCUT2D eigenvalue weighted by Gasteiger charge is 2.18. The Morgan fingerprint density at radius 1 is 1.14 bits per heavy atom. The summed E-state index contributed by atoms with van der Waals surface area (Å²) in [6.07, 6.45) is 1.93. The van der Waals surface area contributed by atoms with Gasteiger partial charge in [-0.3, -0.25) is 9.79 Å². The molecule has 1 aromatic heterocycles. The van der Waals surface area contributed by atoms with Crippen LogP contribution < -0.4 is 10.1 Å². The number of amidine groups is 1. The average Bonchev–Trinajstić information content (AvgIpc) is 3.12. The highest BCUT2D eigenvalue weighted by atomic mass is 19.1. The third kappa shape index (κ3) is 3.46. The van der Waals surface area contributed by atoms with E-state index in [1.165, 1.54) is 24.3 Å². The largest absolute Gasteiger partial charge is 0.497 e. The van der Waals surface area contributed by atoms with Gasteiger partial charge in [0.25, 0.3) is 0 Å². The van der Waals surface area contributed by atoms with Crippen LogP contribution in [0.15, 0.2) is 59.1 Å². The van der Waals surface area contributed by atoms with E-state index < -0.39 is 11.6 Å². The monoisotopic (exact) mass is 376 g/mol. The number of rotatable bonds is 4. The van der Waals surface area contributed by atoms with Crippen molar-refractivity contribution in [3.8, 4) is 5.75 Å². The summed E-state index contributed by atoms with van der Waals surface area (Å²) in [5.74, 6) is 0.967. The van der Waals surface area contributed by atoms with Gasteiger partial charge in [-0.15, -0.1) is 0 Å². The first-order valence-corrected chi connectivity index (χ1v) is 8.68. The number of nitrogens with one attached hydrogen (secondary N) is 1. The Morgan fingerprint density at radius 2 is 1.93 bits per heavy atom. The summed E-state index contributed by atoms with van der Waals surface area (Å²) in [5.41, 5.74) is 2.00. The molecule has 0 radical (unpaired) electrons. The smallest absolute Gasteiger partial charge is 0.230 e. The second-order valence-electron chi connectivity index (χ2n) is 6.43. The number of hydrogen-bond acceptors (Lipinski definition) is 6. The lowest BCUT2D eigenvalue weighted by Gasteiger charge is -2.11. The molecule has 0 bridgehead atoms. The number of aromatic nitrogens is 2. The lowest BCUT2D eigenvalue weighted by molar-refractivity contribution is 0.103. The van der Waals surface area contributed by atoms with E-state index in [-0.39, 0.29) is 5.82 Å². The zero-order valence-electron chi connectivity index (χ0n) is 15.4. The van der Waals surface area contributed by atoms with Gasteiger partial charge in [-0.2, -0.15) is 0 Å². The first-order chi connectivity index (χ1) is 13.5. The molecular weight excluding hydrogens is 359 g/mol. The van der Waals surface area contributed by atoms with Gasteiger partial charge in [0.2, 0.25) is 11.6 Å². The molecule has 0 unspecified atom stereocenters. The lowest BCUT2D eigenvalue weighted by Crippen LogP contribution is -2.14. The Kier molecular flexibility index (Phi) is 4.57. The normalized spacial score (nSPS) is 13.2. The maximum atomic E-state index is 13.2. The fraction of sp³-hybridized carbons (Fsp3) is 0.143. The molecule has 1 aliphatic rings. The van der Waals surface area contributed by atoms with Crippen LogP contribution >= 0.6 is 0 Å². The van der Waals surface area contributed by atoms with E-state index in [9.17, 15) is 9.18 Å². The van der Waals surface area contributed by atoms with Crippen molar-refractivity contribution >= 4 is 28.3 Å². The van der Waals surface area contributed by atoms with Crippen molar-refractivity contribution < 1.29 is 13.9 Å². The molecule has 2 aromatic carbocycles. The van der Waals surface area contributed by atoms with Crippen LogP contribution in [0.2, 0.25) is 0 Å². The lowest BCUT2D eigenvalue weighted by atomic mass is 10.1. The van der Waals surface area contributed by atoms with E-state index in [1.54, 1.807) is 19.2 Å². The topological polar surface area (TPSA) is 76.5 Å². The maximum absolute atomic E-state index is 13.2. The van der Waals surface area contributed by atoms with Gasteiger partial charge in [0.05, 0.1) is 19.2 Å². The SMILES string of the molecule is COc1ccc2c(NC3=NCC(C)=C3)nc(C(=O)c3ccc(F)cc3)nc2c1. The Hall–Kier alpha value is -3.61. The van der Waals surface area contributed by atoms with Crippen LogP contribution in [0.1, 0.15) is 23.1 Å². The van der Waals surface area contributed by atoms with E-state index in [4.69, 9.17) is 4.74 Å². The number of methoxy groups -OCH3 is 1. The number of ketones is 1. The van der Waals surface area contributed by atoms with Crippen LogP contribution in [0.4, 0.5) is 10.2 Å². The standard InChI is InChI=1S/C21H17FN4O2/c1-12-9-18(23-11-12)25-20-16-8-7-15(28-2)10-17(16)24-21(26-20)19(27)13-3-5-14(22)6-4-13/h3-10H,11H2,1-2H3,(H,23,24,25,26). The molecular formula is C21H17FN4O2. The van der Waals surface area contributed by atoms with Crippen LogP contribution in [0.5, 0.6) is 5.75 Å². The van der Waals surface area contributed by atoms with Crippen molar-refractivity contribution in [3.05, 3.63) is 71.3 Å². The molecule has 3 aromatic rings. The van der Waals surface area contributed by atoms with E-state index >= 15 is 0 Å². The minimum absolute atomic E-state index is 0.00848. The first kappa shape index (κ1) is 17.8. The van der Waals surface area contributed by atoms with Gasteiger partial charge in [-0.1, -0.05) is 0 Å². The summed E-state index contributed by atoms with van der Waals surface area (Å²) in [6, 6.07) is 10.7. The van der Waals surface area contributed by atoms with Crippen LogP contribution in [-0.2, 0) is 0 Å². The van der Waals surface area contributed by atoms with Gasteiger partial charge in [0.15, 0.2) is 0 Å². The first-order valence-electron chi connectivity index (χ1n) is 8.68. The Bertz CT molecular complexity index is 1140. The van der Waals surface area contributed by atoms with Crippen LogP contribution in [0.25, 0.3) is 10.9 Å². The van der Waals surface area contributed by atoms with E-state index in [0.29, 0.717) is 35.0 Å². The number of carbonyl (C=O) groups is 1. The van der Waals surface area contributed by atoms with Crippen molar-refractivity contribution in [2.75, 3.05) is 19.0 Å². The molecule has 4 rings (SSSR count). The molecule has 0 saturated carbocycles. The van der Waals surface area contributed by atoms with Crippen LogP contribution in [0, 0.1) is 5.82 Å². The third-order valence-corrected chi connectivity index (χ3v) is 4.34. The number of anilines is 1. The summed E-state index contributed by atoms with van der Waals surface area (Å²) in [6.45, 7) is 2.62. The molecule has 1 N–H and O–H groups in total. The summed E-state index contributed by atoms with van der Waals surface area (Å²) in [5, 5.41) is 3.91. The fourth-order valence-corrected chi connectivity index (χ4v) is 2.90. The molecule has 0 saturated heterocycles. The van der Waals surface area contributed by atoms with Gasteiger partial charge in [0, 0.05) is 17.0 Å². The maximum Gasteiger partial charge on any atom is 0.230 e. The Balaban J connectivity index is 1.82. The molecule has 140 valence electrons. The molecule has 1 aliphatic heterocycles. The minimum atomic E-state index is -0.413. The summed E-state index contributed by atoms with van der Waals surface area (Å²) >= 11 is 0. The zero-order valence-corrected chi connectivity index (χ0v) is 15.4. The molecule has 0 aliphatic carbocycles. The van der Waals surface area contributed by atoms with Gasteiger partial charge in [-0.05, 0) is 55.0 Å². The number of halogens is 1. The number of benzene rings is 2. The number of fused-ring (bicyclic) bond motifs is 1. The predicted molar refractivity (Wildman–Crippen MR) is 106 cm³/mol. The summed E-state index contributed by atoms with van der Waals surface area (Å²) < 4.78 is 18.4. The number of carbonyl (C=O) groups excluding carboxylic acids is 1. The molecule has 0 atom stereocenters. The number of hydrogen-bond donors (Lipinski definition) is 1. The molecule has 0 fully saturated rings. The molecule has 0 amide bonds. The van der Waals surface area contributed by atoms with Crippen LogP contribution in [0.3, 0.4) is 0 Å². The molecule has 6 nitrogen and oxygen atoms in total. The van der Waals surface area contributed by atoms with Gasteiger partial charge in [-0.25, -0.2) is 14.4 Å². The highest BCUT2D eigenvalue weighted by molar-refractivity contribution is 6.11. The summed E-state index contributed by atoms with van der Waals surface area (Å²) in [7, 11) is 1.56. The minimum Gasteiger partial charge on any atom is -0.497 e. The molecule has 28 heavy (non-hydrogen) atoms. The van der Waals surface area contributed by atoms with Crippen molar-refractivity contribution in [3.63, 3.8) is 0 Å². The van der Waals surface area contributed by atoms with Crippen molar-refractivity contribution in [1.29, 1.82) is 0 Å². The predicted octanol–water partition coefficient (Wildman–Crippen LogP) is 3.78. The van der Waals surface area contributed by atoms with E-state index in [2.05, 4.69) is 20.3 Å². The summed E-state index contributed by atoms with van der Waals surface area (Å²) in [4.78, 5) is 26.1. The van der Waals surface area contributed by atoms with Crippen molar-refractivity contribution in [2.24, 2.45) is 4.99 Å². The molecule has 7 heteroatoms. The van der Waals surface area contributed by atoms with Gasteiger partial charge < -0.3 is 10.1 Å². The number of aliphatic imine (C=N–C) groups is 1. The van der Waals surface area contributed by atoms with E-state index in [0.717, 1.165) is 11.0 Å². The highest BCUT2D eigenvalue weighted by Crippen LogP contribution is 2.26. The number of nitrogens with zero attached hydrogens (tertiary/aromatic N) is 3. The van der Waals surface area contributed by atoms with Crippen LogP contribution in [-0.4, -0.2) is 35.2 Å². The Morgan fingerprint density at radius 3 is 2.61 bits per heavy atom. The quantitative estimate of drug-likeness (QED) is 0.702. The van der Waals surface area contributed by atoms with Crippen molar-refractivity contribution in [2.45, 2.75) is 6.92 Å². The van der Waals surface area contributed by atoms with Gasteiger partial charge in [0.1, 0.15) is 23.2 Å². The second-order valence-corrected chi connectivity index (χ2v) is 6.43. The third-order valence-electron chi connectivity index (χ3n) is 4.34. The Labute approximate surface area is 160 Å². The zero-order chi connectivity index (χ0) is 19.7. The average molecular weight is 376 g/mol.